The van der Waals surface area contributed by atoms with Gasteiger partial charge in [-0.25, -0.2) is 35.9 Å². The van der Waals surface area contributed by atoms with E-state index in [1.165, 1.54) is 12.1 Å². The maximum Gasteiger partial charge on any atom is 0.335 e. The molecule has 0 spiro atoms. The van der Waals surface area contributed by atoms with Gasteiger partial charge in [0.05, 0.1) is 16.0 Å². The van der Waals surface area contributed by atoms with Gasteiger partial charge in [0.2, 0.25) is 20.0 Å². The maximum absolute atomic E-state index is 12.1. The largest absolute Gasteiger partial charge is 0.507 e. The predicted molar refractivity (Wildman–Crippen MR) is 157 cm³/mol. The van der Waals surface area contributed by atoms with Crippen molar-refractivity contribution in [2.45, 2.75) is 84.7 Å². The second-order valence-corrected chi connectivity index (χ2v) is 13.8. The van der Waals surface area contributed by atoms with Crippen LogP contribution in [0.2, 0.25) is 0 Å². The number of aromatic hydroxyl groups is 1. The smallest absolute Gasteiger partial charge is 0.335 e. The Morgan fingerprint density at radius 2 is 1.03 bits per heavy atom. The fraction of sp³-hybridized carbons (Fsp3) is 0.440. The van der Waals surface area contributed by atoms with Gasteiger partial charge in [0.25, 0.3) is 0 Å². The van der Waals surface area contributed by atoms with Crippen LogP contribution in [0.5, 0.6) is 5.75 Å². The van der Waals surface area contributed by atoms with Gasteiger partial charge < -0.3 is 15.3 Å². The van der Waals surface area contributed by atoms with E-state index in [0.29, 0.717) is 4.47 Å². The van der Waals surface area contributed by atoms with Gasteiger partial charge in [-0.2, -0.15) is 0 Å². The van der Waals surface area contributed by atoms with Crippen molar-refractivity contribution >= 4 is 47.9 Å². The van der Waals surface area contributed by atoms with E-state index in [-0.39, 0.29) is 38.3 Å². The third-order valence-electron chi connectivity index (χ3n) is 3.85. The molecule has 11 nitrogen and oxygen atoms in total. The highest BCUT2D eigenvalue weighted by Crippen LogP contribution is 2.25. The minimum Gasteiger partial charge on any atom is -0.507 e. The number of carboxylic acid groups (broad SMARTS) is 2. The Labute approximate surface area is 240 Å². The highest BCUT2D eigenvalue weighted by Gasteiger charge is 2.26. The summed E-state index contributed by atoms with van der Waals surface area (Å²) in [5.41, 5.74) is -1.66. The molecule has 0 aliphatic heterocycles. The second kappa shape index (κ2) is 14.7. The summed E-state index contributed by atoms with van der Waals surface area (Å²) in [6.07, 6.45) is 0. The number of halogens is 1. The lowest BCUT2D eigenvalue weighted by Crippen LogP contribution is -2.40. The first-order valence-corrected chi connectivity index (χ1v) is 14.0. The Bertz CT molecular complexity index is 1260. The van der Waals surface area contributed by atoms with E-state index in [2.05, 4.69) is 25.4 Å². The van der Waals surface area contributed by atoms with Crippen LogP contribution in [0.4, 0.5) is 0 Å². The summed E-state index contributed by atoms with van der Waals surface area (Å²) in [5, 5.41) is 27.2. The zero-order chi connectivity index (χ0) is 28.3. The molecule has 0 aliphatic rings. The molecule has 224 valence electrons. The van der Waals surface area contributed by atoms with E-state index in [1.54, 1.807) is 41.5 Å². The predicted octanol–water partition coefficient (Wildman–Crippen LogP) is 5.30. The lowest BCUT2D eigenvalue weighted by Gasteiger charge is -2.21. The number of benzene rings is 2. The highest BCUT2D eigenvalue weighted by atomic mass is 79.9. The molecule has 2 aromatic carbocycles. The monoisotopic (exact) mass is 656 g/mol. The topological polar surface area (TPSA) is 187 Å². The van der Waals surface area contributed by atoms with Gasteiger partial charge in [0.1, 0.15) is 10.6 Å². The van der Waals surface area contributed by atoms with E-state index in [1.807, 2.05) is 0 Å². The molecule has 0 unspecified atom stereocenters. The summed E-state index contributed by atoms with van der Waals surface area (Å²) in [6, 6.07) is 6.96. The Morgan fingerprint density at radius 3 is 1.38 bits per heavy atom. The fourth-order valence-electron chi connectivity index (χ4n) is 2.62. The van der Waals surface area contributed by atoms with Gasteiger partial charge in [-0.15, -0.1) is 0 Å². The summed E-state index contributed by atoms with van der Waals surface area (Å²) in [4.78, 5) is 21.1. The first-order valence-electron chi connectivity index (χ1n) is 10.2. The van der Waals surface area contributed by atoms with Gasteiger partial charge in [-0.1, -0.05) is 22.3 Å². The summed E-state index contributed by atoms with van der Waals surface area (Å²) in [7, 11) is -7.73. The lowest BCUT2D eigenvalue weighted by molar-refractivity contribution is 0.0685. The fourth-order valence-corrected chi connectivity index (χ4v) is 6.57. The zero-order valence-corrected chi connectivity index (χ0v) is 23.7. The van der Waals surface area contributed by atoms with Crippen LogP contribution in [0.15, 0.2) is 50.7 Å². The molecule has 0 aromatic heterocycles. The van der Waals surface area contributed by atoms with E-state index in [0.717, 1.165) is 24.3 Å². The van der Waals surface area contributed by atoms with Gasteiger partial charge in [-0.05, 0) is 93.9 Å². The number of aromatic carboxylic acids is 2. The average molecular weight is 658 g/mol. The SMILES string of the molecule is C.C.C.CC(C)(C)NS(=O)(=O)c1cc(C(=O)O)ccc1Br.CC(C)(C)NS(=O)(=O)c1cc(C(=O)O)ccc1O. The molecule has 0 atom stereocenters. The maximum atomic E-state index is 12.1. The minimum atomic E-state index is -3.97. The van der Waals surface area contributed by atoms with Crippen molar-refractivity contribution in [2.24, 2.45) is 0 Å². The van der Waals surface area contributed by atoms with Crippen LogP contribution < -0.4 is 9.44 Å². The Morgan fingerprint density at radius 1 is 0.692 bits per heavy atom. The molecule has 0 bridgehead atoms. The van der Waals surface area contributed by atoms with Crippen LogP contribution in [0, 0.1) is 0 Å². The summed E-state index contributed by atoms with van der Waals surface area (Å²) in [5.74, 6) is -2.92. The number of hydrogen-bond donors (Lipinski definition) is 5. The number of phenols is 1. The molecule has 14 heteroatoms. The molecule has 0 radical (unpaired) electrons. The van der Waals surface area contributed by atoms with Gasteiger partial charge >= 0.3 is 11.9 Å². The van der Waals surface area contributed by atoms with Crippen molar-refractivity contribution in [3.05, 3.63) is 52.0 Å². The Balaban J connectivity index is -0.000000617. The van der Waals surface area contributed by atoms with Crippen LogP contribution in [0.1, 0.15) is 84.5 Å². The number of phenolic OH excluding ortho intramolecular Hbond substituents is 1. The van der Waals surface area contributed by atoms with Gasteiger partial charge in [-0.3, -0.25) is 0 Å². The van der Waals surface area contributed by atoms with E-state index in [4.69, 9.17) is 10.2 Å². The number of sulfonamides is 2. The quantitative estimate of drug-likeness (QED) is 0.275. The highest BCUT2D eigenvalue weighted by molar-refractivity contribution is 9.10. The van der Waals surface area contributed by atoms with Crippen LogP contribution >= 0.6 is 15.9 Å². The second-order valence-electron chi connectivity index (χ2n) is 9.65. The third-order valence-corrected chi connectivity index (χ3v) is 8.38. The lowest BCUT2D eigenvalue weighted by atomic mass is 10.1. The first-order chi connectivity index (χ1) is 16.1. The van der Waals surface area contributed by atoms with Crippen LogP contribution in [0.3, 0.4) is 0 Å². The third kappa shape index (κ3) is 12.9. The average Bonchev–Trinajstić information content (AvgIpc) is 2.64. The van der Waals surface area contributed by atoms with Crippen molar-refractivity contribution < 1.29 is 41.7 Å². The molecule has 0 heterocycles. The molecule has 0 saturated carbocycles. The molecule has 0 aliphatic carbocycles. The summed E-state index contributed by atoms with van der Waals surface area (Å²) in [6.45, 7) is 10.0. The van der Waals surface area contributed by atoms with Gasteiger partial charge in [0.15, 0.2) is 0 Å². The normalized spacial score (nSPS) is 11.5. The number of hydrogen-bond acceptors (Lipinski definition) is 7. The van der Waals surface area contributed by atoms with E-state index >= 15 is 0 Å². The molecular weight excluding hydrogens is 616 g/mol. The van der Waals surface area contributed by atoms with Crippen molar-refractivity contribution in [2.75, 3.05) is 0 Å². The van der Waals surface area contributed by atoms with Crippen molar-refractivity contribution in [3.63, 3.8) is 0 Å². The van der Waals surface area contributed by atoms with Crippen molar-refractivity contribution in [1.82, 2.24) is 9.44 Å². The number of rotatable bonds is 6. The van der Waals surface area contributed by atoms with E-state index in [9.17, 15) is 31.5 Å². The number of carboxylic acids is 2. The first kappa shape index (κ1) is 41.0. The Kier molecular flexibility index (Phi) is 15.5. The zero-order valence-electron chi connectivity index (χ0n) is 20.4. The summed E-state index contributed by atoms with van der Waals surface area (Å²) < 4.78 is 53.3. The Hall–Kier alpha value is -2.52. The molecule has 2 aromatic rings. The van der Waals surface area contributed by atoms with Crippen LogP contribution in [0.25, 0.3) is 0 Å². The van der Waals surface area contributed by atoms with E-state index < -0.39 is 53.7 Å². The molecule has 39 heavy (non-hydrogen) atoms. The summed E-state index contributed by atoms with van der Waals surface area (Å²) >= 11 is 3.11. The molecule has 0 amide bonds. The van der Waals surface area contributed by atoms with Crippen molar-refractivity contribution in [1.29, 1.82) is 0 Å². The van der Waals surface area contributed by atoms with Gasteiger partial charge in [0, 0.05) is 15.6 Å². The van der Waals surface area contributed by atoms with Crippen molar-refractivity contribution in [3.8, 4) is 5.75 Å². The van der Waals surface area contributed by atoms with Crippen LogP contribution in [-0.2, 0) is 20.0 Å². The standard InChI is InChI=1S/C11H14BrNO4S.C11H15NO5S.3CH4/c1-11(2,3)13-18(16,17)9-6-7(10(14)15)4-5-8(9)12;1-11(2,3)12-18(16,17)9-6-7(10(14)15)4-5-8(9)13;;;/h4-6,13H,1-3H3,(H,14,15);4-6,12-13H,1-3H3,(H,14,15);3*1H4. The number of carbonyl (C=O) groups is 2. The molecule has 5 N–H and O–H groups in total. The molecule has 0 saturated heterocycles. The molecular formula is C25H41BrN2O9S2. The molecule has 2 rings (SSSR count). The molecule has 0 fully saturated rings. The minimum absolute atomic E-state index is 0. The van der Waals surface area contributed by atoms with Crippen LogP contribution in [-0.4, -0.2) is 55.2 Å². The number of nitrogens with one attached hydrogen (secondary N) is 2.